The second-order valence-electron chi connectivity index (χ2n) is 12.2. The van der Waals surface area contributed by atoms with E-state index in [2.05, 4.69) is 22.8 Å². The Labute approximate surface area is 282 Å². The third-order valence-corrected chi connectivity index (χ3v) is 13.1. The lowest BCUT2D eigenvalue weighted by molar-refractivity contribution is 0.0934. The first-order chi connectivity index (χ1) is 22.7. The molecule has 1 aliphatic heterocycles. The highest BCUT2D eigenvalue weighted by Crippen LogP contribution is 2.45. The number of urea groups is 1. The van der Waals surface area contributed by atoms with E-state index < -0.39 is 37.9 Å². The van der Waals surface area contributed by atoms with Crippen LogP contribution in [-0.2, 0) is 21.0 Å². The van der Waals surface area contributed by atoms with Crippen molar-refractivity contribution >= 4 is 50.6 Å². The Kier molecular flexibility index (Phi) is 8.63. The van der Waals surface area contributed by atoms with E-state index in [1.54, 1.807) is 11.3 Å². The molecule has 0 saturated carbocycles. The van der Waals surface area contributed by atoms with Crippen LogP contribution in [-0.4, -0.2) is 55.5 Å². The van der Waals surface area contributed by atoms with Gasteiger partial charge < -0.3 is 25.4 Å². The fourth-order valence-electron chi connectivity index (χ4n) is 7.08. The number of anilines is 1. The number of nitrogens with zero attached hydrogens (tertiary/aromatic N) is 1. The van der Waals surface area contributed by atoms with Crippen LogP contribution in [0.3, 0.4) is 0 Å². The highest BCUT2D eigenvalue weighted by Gasteiger charge is 2.38. The molecule has 47 heavy (non-hydrogen) atoms. The first-order valence-corrected chi connectivity index (χ1v) is 18.5. The van der Waals surface area contributed by atoms with E-state index in [1.165, 1.54) is 21.9 Å². The van der Waals surface area contributed by atoms with Crippen LogP contribution in [0.15, 0.2) is 77.0 Å². The number of hydrogen-bond acceptors (Lipinski definition) is 7. The predicted molar refractivity (Wildman–Crippen MR) is 182 cm³/mol. The standard InChI is InChI=1S/C35H34ClN3O6S2/c36-28-14-15-30(38-34(41)37-29-12-5-13-31-26(29)16-18-46-31)32(40)33(28)47(43,44)21-7-6-17-39(19-21)35(42)45-20-27-24-10-3-1-8-22(24)23-9-2-4-11-25(23)27/h1-4,8-11,14-16,18,21,27,29,40H,5-7,12-13,17,19-20H2,(H2,37,38,41). The molecule has 3 amide bonds. The zero-order valence-corrected chi connectivity index (χ0v) is 27.8. The molecule has 3 N–H and O–H groups in total. The van der Waals surface area contributed by atoms with Crippen molar-refractivity contribution in [1.82, 2.24) is 10.2 Å². The van der Waals surface area contributed by atoms with Crippen molar-refractivity contribution in [3.8, 4) is 16.9 Å². The third-order valence-electron chi connectivity index (χ3n) is 9.38. The first-order valence-electron chi connectivity index (χ1n) is 15.7. The number of aryl methyl sites for hydroxylation is 1. The van der Waals surface area contributed by atoms with Gasteiger partial charge in [-0.25, -0.2) is 18.0 Å². The molecule has 0 spiro atoms. The van der Waals surface area contributed by atoms with E-state index in [-0.39, 0.29) is 42.2 Å². The molecule has 2 atom stereocenters. The summed E-state index contributed by atoms with van der Waals surface area (Å²) in [7, 11) is -4.22. The van der Waals surface area contributed by atoms with Crippen LogP contribution in [0.1, 0.15) is 59.2 Å². The molecule has 0 radical (unpaired) electrons. The Bertz CT molecular complexity index is 1920. The van der Waals surface area contributed by atoms with Crippen molar-refractivity contribution in [1.29, 1.82) is 0 Å². The maximum absolute atomic E-state index is 14.0. The summed E-state index contributed by atoms with van der Waals surface area (Å²) < 4.78 is 33.7. The number of benzene rings is 3. The van der Waals surface area contributed by atoms with Crippen LogP contribution < -0.4 is 10.6 Å². The summed E-state index contributed by atoms with van der Waals surface area (Å²) in [6.07, 6.45) is 2.82. The number of halogens is 1. The van der Waals surface area contributed by atoms with E-state index in [9.17, 15) is 23.1 Å². The number of piperidine rings is 1. The normalized spacial score (nSPS) is 19.0. The number of aromatic hydroxyl groups is 1. The monoisotopic (exact) mass is 691 g/mol. The van der Waals surface area contributed by atoms with Crippen molar-refractivity contribution < 1.29 is 27.9 Å². The molecule has 1 saturated heterocycles. The Morgan fingerprint density at radius 3 is 2.43 bits per heavy atom. The predicted octanol–water partition coefficient (Wildman–Crippen LogP) is 7.49. The molecule has 7 rings (SSSR count). The summed E-state index contributed by atoms with van der Waals surface area (Å²) in [5.41, 5.74) is 5.41. The second kappa shape index (κ2) is 12.9. The number of hydrogen-bond donors (Lipinski definition) is 3. The average Bonchev–Trinajstić information content (AvgIpc) is 3.69. The van der Waals surface area contributed by atoms with Crippen LogP contribution in [0.5, 0.6) is 5.75 Å². The Morgan fingerprint density at radius 2 is 1.68 bits per heavy atom. The summed E-state index contributed by atoms with van der Waals surface area (Å²) in [6.45, 7) is 0.354. The Hall–Kier alpha value is -4.06. The minimum atomic E-state index is -4.22. The van der Waals surface area contributed by atoms with Gasteiger partial charge in [-0.3, -0.25) is 0 Å². The quantitative estimate of drug-likeness (QED) is 0.180. The summed E-state index contributed by atoms with van der Waals surface area (Å²) >= 11 is 8.04. The molecule has 1 aromatic heterocycles. The summed E-state index contributed by atoms with van der Waals surface area (Å²) in [4.78, 5) is 28.4. The van der Waals surface area contributed by atoms with Crippen molar-refractivity contribution in [3.63, 3.8) is 0 Å². The number of fused-ring (bicyclic) bond motifs is 4. The number of phenolic OH excluding ortho intramolecular Hbond substituents is 1. The van der Waals surface area contributed by atoms with Crippen molar-refractivity contribution in [2.24, 2.45) is 0 Å². The molecule has 1 fully saturated rings. The number of thiophene rings is 1. The smallest absolute Gasteiger partial charge is 0.409 e. The van der Waals surface area contributed by atoms with Gasteiger partial charge in [-0.1, -0.05) is 60.1 Å². The molecule has 0 bridgehead atoms. The van der Waals surface area contributed by atoms with Crippen LogP contribution in [0, 0.1) is 0 Å². The van der Waals surface area contributed by atoms with Crippen LogP contribution in [0.4, 0.5) is 15.3 Å². The molecule has 3 aliphatic rings. The van der Waals surface area contributed by atoms with Gasteiger partial charge in [0.15, 0.2) is 15.6 Å². The lowest BCUT2D eigenvalue weighted by Crippen LogP contribution is -2.45. The number of carbonyl (C=O) groups excluding carboxylic acids is 2. The van der Waals surface area contributed by atoms with Crippen LogP contribution in [0.25, 0.3) is 11.1 Å². The number of rotatable bonds is 6. The van der Waals surface area contributed by atoms with Crippen molar-refractivity contribution in [2.75, 3.05) is 25.0 Å². The number of amides is 3. The van der Waals surface area contributed by atoms with Gasteiger partial charge in [0, 0.05) is 23.9 Å². The number of phenols is 1. The molecule has 2 heterocycles. The van der Waals surface area contributed by atoms with Crippen LogP contribution >= 0.6 is 22.9 Å². The molecule has 3 aromatic carbocycles. The largest absolute Gasteiger partial charge is 0.504 e. The summed E-state index contributed by atoms with van der Waals surface area (Å²) in [6, 6.07) is 20.1. The lowest BCUT2D eigenvalue weighted by Gasteiger charge is -2.32. The molecule has 9 nitrogen and oxygen atoms in total. The minimum absolute atomic E-state index is 0.0731. The average molecular weight is 692 g/mol. The van der Waals surface area contributed by atoms with Crippen molar-refractivity contribution in [3.05, 3.63) is 98.7 Å². The van der Waals surface area contributed by atoms with Gasteiger partial charge >= 0.3 is 12.1 Å². The lowest BCUT2D eigenvalue weighted by atomic mass is 9.94. The fourth-order valence-corrected chi connectivity index (χ4v) is 10.4. The van der Waals surface area contributed by atoms with E-state index in [4.69, 9.17) is 16.3 Å². The Morgan fingerprint density at radius 1 is 0.957 bits per heavy atom. The first kappa shape index (κ1) is 31.5. The molecule has 12 heteroatoms. The fraction of sp³-hybridized carbons (Fsp3) is 0.314. The topological polar surface area (TPSA) is 125 Å². The maximum atomic E-state index is 14.0. The van der Waals surface area contributed by atoms with E-state index in [0.29, 0.717) is 13.0 Å². The van der Waals surface area contributed by atoms with E-state index >= 15 is 0 Å². The number of sulfone groups is 1. The molecule has 2 aliphatic carbocycles. The zero-order valence-electron chi connectivity index (χ0n) is 25.4. The third kappa shape index (κ3) is 5.96. The van der Waals surface area contributed by atoms with Gasteiger partial charge in [0.2, 0.25) is 0 Å². The van der Waals surface area contributed by atoms with Crippen LogP contribution in [0.2, 0.25) is 5.02 Å². The molecule has 2 unspecified atom stereocenters. The highest BCUT2D eigenvalue weighted by molar-refractivity contribution is 7.92. The van der Waals surface area contributed by atoms with Gasteiger partial charge in [-0.2, -0.15) is 0 Å². The van der Waals surface area contributed by atoms with E-state index in [1.807, 2.05) is 47.8 Å². The highest BCUT2D eigenvalue weighted by atomic mass is 35.5. The summed E-state index contributed by atoms with van der Waals surface area (Å²) in [5, 5.41) is 17.5. The molecular weight excluding hydrogens is 658 g/mol. The van der Waals surface area contributed by atoms with Crippen molar-refractivity contribution in [2.45, 2.75) is 54.2 Å². The van der Waals surface area contributed by atoms with Gasteiger partial charge in [0.05, 0.1) is 22.0 Å². The molecule has 244 valence electrons. The zero-order chi connectivity index (χ0) is 32.7. The minimum Gasteiger partial charge on any atom is -0.504 e. The number of ether oxygens (including phenoxy) is 1. The van der Waals surface area contributed by atoms with Gasteiger partial charge in [-0.05, 0) is 83.5 Å². The van der Waals surface area contributed by atoms with E-state index in [0.717, 1.165) is 47.1 Å². The number of likely N-dealkylation sites (tertiary alicyclic amines) is 1. The van der Waals surface area contributed by atoms with Gasteiger partial charge in [0.25, 0.3) is 0 Å². The number of nitrogens with one attached hydrogen (secondary N) is 2. The summed E-state index contributed by atoms with van der Waals surface area (Å²) in [5.74, 6) is -0.755. The molecule has 4 aromatic rings. The Balaban J connectivity index is 1.03. The number of carbonyl (C=O) groups is 2. The van der Waals surface area contributed by atoms with Gasteiger partial charge in [-0.15, -0.1) is 11.3 Å². The molecular formula is C35H34ClN3O6S2. The second-order valence-corrected chi connectivity index (χ2v) is 15.7. The van der Waals surface area contributed by atoms with Gasteiger partial charge in [0.1, 0.15) is 11.5 Å². The SMILES string of the molecule is O=C(Nc1ccc(Cl)c(S(=O)(=O)C2CCCN(C(=O)OCC3c4ccccc4-c4ccccc43)C2)c1O)NC1CCCc2sccc21. The maximum Gasteiger partial charge on any atom is 0.409 e.